The first-order valence-electron chi connectivity index (χ1n) is 6.55. The average Bonchev–Trinajstić information content (AvgIpc) is 2.96. The number of tetrazole rings is 1. The average molecular weight is 280 g/mol. The summed E-state index contributed by atoms with van der Waals surface area (Å²) in [4.78, 5) is 10.6. The van der Waals surface area contributed by atoms with Crippen molar-refractivity contribution in [3.8, 4) is 5.69 Å². The highest BCUT2D eigenvalue weighted by molar-refractivity contribution is 5.93. The van der Waals surface area contributed by atoms with Crippen molar-refractivity contribution in [1.82, 2.24) is 20.2 Å². The number of aryl methyl sites for hydroxylation is 1. The first-order valence-corrected chi connectivity index (χ1v) is 6.55. The zero-order chi connectivity index (χ0) is 15.1. The predicted octanol–water partition coefficient (Wildman–Crippen LogP) is 2.86. The molecule has 1 heterocycles. The maximum absolute atomic E-state index is 10.6. The molecule has 1 aromatic heterocycles. The van der Waals surface area contributed by atoms with E-state index in [0.717, 1.165) is 17.1 Å². The molecule has 0 saturated carbocycles. The van der Waals surface area contributed by atoms with E-state index in [1.54, 1.807) is 11.6 Å². The van der Waals surface area contributed by atoms with E-state index in [-0.39, 0.29) is 5.78 Å². The second-order valence-corrected chi connectivity index (χ2v) is 4.40. The number of carbonyl (C=O) groups excluding carboxylic acids is 1. The largest absolute Gasteiger partial charge is 0.295 e. The third-order valence-electron chi connectivity index (χ3n) is 2.81. The third kappa shape index (κ3) is 4.07. The van der Waals surface area contributed by atoms with Crippen molar-refractivity contribution in [2.75, 3.05) is 0 Å². The minimum Gasteiger partial charge on any atom is -0.295 e. The summed E-state index contributed by atoms with van der Waals surface area (Å²) in [6, 6.07) is 19.0. The van der Waals surface area contributed by atoms with Gasteiger partial charge in [-0.25, -0.2) is 0 Å². The third-order valence-corrected chi connectivity index (χ3v) is 2.81. The number of ketones is 1. The monoisotopic (exact) mass is 280 g/mol. The van der Waals surface area contributed by atoms with Crippen LogP contribution in [0.4, 0.5) is 0 Å². The smallest absolute Gasteiger partial charge is 0.159 e. The van der Waals surface area contributed by atoms with Crippen LogP contribution in [0.25, 0.3) is 5.69 Å². The Morgan fingerprint density at radius 3 is 1.95 bits per heavy atom. The van der Waals surface area contributed by atoms with Crippen molar-refractivity contribution in [2.24, 2.45) is 0 Å². The standard InChI is InChI=1S/C8H8N4.C8H8O/c1-7-9-10-11-12(7)8-5-3-2-4-6-8;1-7(9)8-5-3-2-4-6-8/h2-6H,1H3;2-6H,1H3. The van der Waals surface area contributed by atoms with Crippen molar-refractivity contribution < 1.29 is 4.79 Å². The second kappa shape index (κ2) is 7.09. The van der Waals surface area contributed by atoms with E-state index in [1.165, 1.54) is 0 Å². The van der Waals surface area contributed by atoms with Gasteiger partial charge in [0, 0.05) is 5.56 Å². The van der Waals surface area contributed by atoms with E-state index in [4.69, 9.17) is 0 Å². The van der Waals surface area contributed by atoms with Crippen molar-refractivity contribution in [3.05, 3.63) is 72.1 Å². The number of aromatic nitrogens is 4. The van der Waals surface area contributed by atoms with Crippen LogP contribution in [-0.4, -0.2) is 26.0 Å². The predicted molar refractivity (Wildman–Crippen MR) is 80.3 cm³/mol. The highest BCUT2D eigenvalue weighted by Crippen LogP contribution is 2.05. The molecule has 5 nitrogen and oxygen atoms in total. The SMILES string of the molecule is CC(=O)c1ccccc1.Cc1nnnn1-c1ccccc1. The molecule has 0 N–H and O–H groups in total. The summed E-state index contributed by atoms with van der Waals surface area (Å²) in [5.74, 6) is 0.914. The summed E-state index contributed by atoms with van der Waals surface area (Å²) in [7, 11) is 0. The fraction of sp³-hybridized carbons (Fsp3) is 0.125. The molecular formula is C16H16N4O. The van der Waals surface area contributed by atoms with Gasteiger partial charge in [-0.05, 0) is 36.4 Å². The van der Waals surface area contributed by atoms with Crippen LogP contribution in [0, 0.1) is 6.92 Å². The lowest BCUT2D eigenvalue weighted by atomic mass is 10.2. The van der Waals surface area contributed by atoms with Crippen LogP contribution in [0.15, 0.2) is 60.7 Å². The Balaban J connectivity index is 0.000000161. The number of carbonyl (C=O) groups is 1. The summed E-state index contributed by atoms with van der Waals surface area (Å²) in [6.45, 7) is 3.43. The Morgan fingerprint density at radius 1 is 0.952 bits per heavy atom. The zero-order valence-electron chi connectivity index (χ0n) is 12.0. The van der Waals surface area contributed by atoms with Gasteiger partial charge in [-0.15, -0.1) is 5.10 Å². The van der Waals surface area contributed by atoms with Crippen molar-refractivity contribution in [2.45, 2.75) is 13.8 Å². The van der Waals surface area contributed by atoms with Crippen LogP contribution in [0.1, 0.15) is 23.1 Å². The summed E-state index contributed by atoms with van der Waals surface area (Å²) in [5, 5.41) is 11.2. The van der Waals surface area contributed by atoms with Gasteiger partial charge < -0.3 is 0 Å². The molecule has 0 unspecified atom stereocenters. The van der Waals surface area contributed by atoms with Gasteiger partial charge in [0.25, 0.3) is 0 Å². The fourth-order valence-electron chi connectivity index (χ4n) is 1.71. The van der Waals surface area contributed by atoms with E-state index in [9.17, 15) is 4.79 Å². The number of para-hydroxylation sites is 1. The molecule has 0 bridgehead atoms. The first-order chi connectivity index (χ1) is 10.2. The summed E-state index contributed by atoms with van der Waals surface area (Å²) in [5.41, 5.74) is 1.76. The number of hydrogen-bond donors (Lipinski definition) is 0. The Labute approximate surface area is 123 Å². The van der Waals surface area contributed by atoms with Crippen LogP contribution in [0.3, 0.4) is 0 Å². The second-order valence-electron chi connectivity index (χ2n) is 4.40. The highest BCUT2D eigenvalue weighted by Gasteiger charge is 2.00. The van der Waals surface area contributed by atoms with Crippen LogP contribution in [0.2, 0.25) is 0 Å². The molecule has 3 aromatic rings. The van der Waals surface area contributed by atoms with E-state index in [0.29, 0.717) is 0 Å². The minimum absolute atomic E-state index is 0.121. The molecule has 0 aliphatic rings. The van der Waals surface area contributed by atoms with Gasteiger partial charge in [-0.3, -0.25) is 4.79 Å². The molecule has 0 aliphatic carbocycles. The number of nitrogens with zero attached hydrogens (tertiary/aromatic N) is 4. The number of rotatable bonds is 2. The normalized spacial score (nSPS) is 9.62. The van der Waals surface area contributed by atoms with E-state index < -0.39 is 0 Å². The van der Waals surface area contributed by atoms with Gasteiger partial charge in [0.05, 0.1) is 5.69 Å². The molecule has 5 heteroatoms. The quantitative estimate of drug-likeness (QED) is 0.677. The van der Waals surface area contributed by atoms with Crippen molar-refractivity contribution >= 4 is 5.78 Å². The molecule has 0 radical (unpaired) electrons. The van der Waals surface area contributed by atoms with E-state index in [2.05, 4.69) is 15.5 Å². The van der Waals surface area contributed by atoms with Crippen LogP contribution in [0.5, 0.6) is 0 Å². The van der Waals surface area contributed by atoms with Crippen molar-refractivity contribution in [3.63, 3.8) is 0 Å². The highest BCUT2D eigenvalue weighted by atomic mass is 16.1. The zero-order valence-corrected chi connectivity index (χ0v) is 12.0. The number of hydrogen-bond acceptors (Lipinski definition) is 4. The Bertz CT molecular complexity index is 693. The maximum Gasteiger partial charge on any atom is 0.159 e. The Morgan fingerprint density at radius 2 is 1.52 bits per heavy atom. The molecule has 0 fully saturated rings. The first kappa shape index (κ1) is 14.6. The molecule has 21 heavy (non-hydrogen) atoms. The number of benzene rings is 2. The van der Waals surface area contributed by atoms with Gasteiger partial charge in [0.1, 0.15) is 0 Å². The minimum atomic E-state index is 0.121. The molecule has 0 amide bonds. The molecule has 106 valence electrons. The van der Waals surface area contributed by atoms with Gasteiger partial charge in [-0.1, -0.05) is 48.5 Å². The van der Waals surface area contributed by atoms with Crippen LogP contribution < -0.4 is 0 Å². The molecule has 0 aliphatic heterocycles. The van der Waals surface area contributed by atoms with Gasteiger partial charge in [0.15, 0.2) is 11.6 Å². The lowest BCUT2D eigenvalue weighted by Crippen LogP contribution is -1.98. The van der Waals surface area contributed by atoms with E-state index >= 15 is 0 Å². The Kier molecular flexibility index (Phi) is 4.93. The molecule has 2 aromatic carbocycles. The van der Waals surface area contributed by atoms with Crippen LogP contribution in [-0.2, 0) is 0 Å². The van der Waals surface area contributed by atoms with Gasteiger partial charge in [0.2, 0.25) is 0 Å². The van der Waals surface area contributed by atoms with Crippen LogP contribution >= 0.6 is 0 Å². The number of Topliss-reactive ketones (excluding diaryl/α,β-unsaturated/α-hetero) is 1. The maximum atomic E-state index is 10.6. The summed E-state index contributed by atoms with van der Waals surface area (Å²) >= 11 is 0. The van der Waals surface area contributed by atoms with Gasteiger partial charge in [-0.2, -0.15) is 4.68 Å². The summed E-state index contributed by atoms with van der Waals surface area (Å²) < 4.78 is 1.69. The molecule has 0 saturated heterocycles. The van der Waals surface area contributed by atoms with Gasteiger partial charge >= 0.3 is 0 Å². The molecule has 0 spiro atoms. The van der Waals surface area contributed by atoms with Crippen molar-refractivity contribution in [1.29, 1.82) is 0 Å². The van der Waals surface area contributed by atoms with E-state index in [1.807, 2.05) is 67.6 Å². The Hall–Kier alpha value is -2.82. The topological polar surface area (TPSA) is 60.7 Å². The molecule has 0 atom stereocenters. The fourth-order valence-corrected chi connectivity index (χ4v) is 1.71. The molecule has 3 rings (SSSR count). The summed E-state index contributed by atoms with van der Waals surface area (Å²) in [6.07, 6.45) is 0. The lowest BCUT2D eigenvalue weighted by molar-refractivity contribution is 0.101. The molecular weight excluding hydrogens is 264 g/mol. The lowest BCUT2D eigenvalue weighted by Gasteiger charge is -1.98.